The molecule has 2 aromatic rings. The fourth-order valence-electron chi connectivity index (χ4n) is 2.00. The van der Waals surface area contributed by atoms with E-state index in [4.69, 9.17) is 16.3 Å². The van der Waals surface area contributed by atoms with E-state index in [9.17, 15) is 18.0 Å². The van der Waals surface area contributed by atoms with E-state index in [0.29, 0.717) is 5.75 Å². The number of nitrogens with one attached hydrogen (secondary N) is 3. The number of hydrogen-bond donors (Lipinski definition) is 3. The van der Waals surface area contributed by atoms with Crippen LogP contribution < -0.4 is 20.3 Å². The van der Waals surface area contributed by atoms with Gasteiger partial charge in [0.05, 0.1) is 17.8 Å². The van der Waals surface area contributed by atoms with Crippen molar-refractivity contribution in [1.82, 2.24) is 10.9 Å². The summed E-state index contributed by atoms with van der Waals surface area (Å²) in [6.07, 6.45) is 0. The summed E-state index contributed by atoms with van der Waals surface area (Å²) >= 11 is 6.00. The van der Waals surface area contributed by atoms with Crippen LogP contribution in [-0.2, 0) is 14.8 Å². The zero-order valence-electron chi connectivity index (χ0n) is 13.9. The molecule has 3 N–H and O–H groups in total. The summed E-state index contributed by atoms with van der Waals surface area (Å²) in [5.41, 5.74) is 4.49. The Morgan fingerprint density at radius 3 is 2.42 bits per heavy atom. The summed E-state index contributed by atoms with van der Waals surface area (Å²) in [6, 6.07) is 10.2. The van der Waals surface area contributed by atoms with Gasteiger partial charge < -0.3 is 4.74 Å². The number of carbonyl (C=O) groups excluding carboxylic acids is 2. The van der Waals surface area contributed by atoms with E-state index in [1.54, 1.807) is 18.2 Å². The lowest BCUT2D eigenvalue weighted by Gasteiger charge is -2.13. The molecular formula is C16H16ClN3O5S. The highest BCUT2D eigenvalue weighted by Gasteiger charge is 2.21. The predicted octanol–water partition coefficient (Wildman–Crippen LogP) is 1.93. The molecule has 0 spiro atoms. The zero-order valence-corrected chi connectivity index (χ0v) is 15.4. The Bertz CT molecular complexity index is 947. The van der Waals surface area contributed by atoms with Gasteiger partial charge >= 0.3 is 0 Å². The van der Waals surface area contributed by atoms with E-state index < -0.39 is 21.8 Å². The van der Waals surface area contributed by atoms with Crippen LogP contribution in [0.3, 0.4) is 0 Å². The van der Waals surface area contributed by atoms with Crippen LogP contribution in [-0.4, -0.2) is 27.3 Å². The Morgan fingerprint density at radius 1 is 1.08 bits per heavy atom. The number of benzene rings is 2. The standard InChI is InChI=1S/C16H16ClN3O5S/c1-10(21)18-19-16(22)11-7-8-12(17)15(9-11)26(23,24)20-13-5-3-4-6-14(13)25-2/h3-9,20H,1-2H3,(H,18,21)(H,19,22). The Hall–Kier alpha value is -2.78. The van der Waals surface area contributed by atoms with E-state index in [0.717, 1.165) is 6.07 Å². The second kappa shape index (κ2) is 8.07. The first-order chi connectivity index (χ1) is 12.2. The highest BCUT2D eigenvalue weighted by molar-refractivity contribution is 7.92. The van der Waals surface area contributed by atoms with Crippen molar-refractivity contribution in [3.63, 3.8) is 0 Å². The highest BCUT2D eigenvalue weighted by Crippen LogP contribution is 2.29. The molecule has 138 valence electrons. The third-order valence-corrected chi connectivity index (χ3v) is 5.03. The number of halogens is 1. The number of carbonyl (C=O) groups is 2. The summed E-state index contributed by atoms with van der Waals surface area (Å²) in [5, 5.41) is -0.0662. The number of methoxy groups -OCH3 is 1. The third-order valence-electron chi connectivity index (χ3n) is 3.19. The number of para-hydroxylation sites is 2. The van der Waals surface area contributed by atoms with E-state index in [1.807, 2.05) is 0 Å². The normalized spacial score (nSPS) is 10.7. The smallest absolute Gasteiger partial charge is 0.269 e. The second-order valence-corrected chi connectivity index (χ2v) is 7.14. The van der Waals surface area contributed by atoms with Gasteiger partial charge in [-0.3, -0.25) is 25.2 Å². The summed E-state index contributed by atoms with van der Waals surface area (Å²) in [6.45, 7) is 1.22. The minimum absolute atomic E-state index is 0.00329. The Labute approximate surface area is 155 Å². The van der Waals surface area contributed by atoms with Gasteiger partial charge in [-0.05, 0) is 30.3 Å². The lowest BCUT2D eigenvalue weighted by Crippen LogP contribution is -2.40. The summed E-state index contributed by atoms with van der Waals surface area (Å²) < 4.78 is 32.8. The molecule has 0 fully saturated rings. The molecule has 0 bridgehead atoms. The molecule has 0 aliphatic carbocycles. The van der Waals surface area contributed by atoms with E-state index >= 15 is 0 Å². The first kappa shape index (κ1) is 19.5. The van der Waals surface area contributed by atoms with Crippen LogP contribution in [0.1, 0.15) is 17.3 Å². The number of sulfonamides is 1. The maximum Gasteiger partial charge on any atom is 0.269 e. The molecule has 0 atom stereocenters. The number of rotatable bonds is 5. The van der Waals surface area contributed by atoms with Crippen molar-refractivity contribution in [3.8, 4) is 5.75 Å². The van der Waals surface area contributed by atoms with E-state index in [1.165, 1.54) is 32.2 Å². The molecule has 0 saturated carbocycles. The van der Waals surface area contributed by atoms with Gasteiger partial charge in [0.25, 0.3) is 15.9 Å². The largest absolute Gasteiger partial charge is 0.495 e. The first-order valence-electron chi connectivity index (χ1n) is 7.27. The molecule has 0 unspecified atom stereocenters. The number of amides is 2. The van der Waals surface area contributed by atoms with E-state index in [2.05, 4.69) is 15.6 Å². The number of hydrogen-bond acceptors (Lipinski definition) is 5. The average molecular weight is 398 g/mol. The van der Waals surface area contributed by atoms with Crippen LogP contribution in [0.15, 0.2) is 47.4 Å². The van der Waals surface area contributed by atoms with Crippen LogP contribution in [0, 0.1) is 0 Å². The maximum absolute atomic E-state index is 12.7. The van der Waals surface area contributed by atoms with Crippen molar-refractivity contribution in [2.24, 2.45) is 0 Å². The molecule has 2 amide bonds. The lowest BCUT2D eigenvalue weighted by atomic mass is 10.2. The molecule has 2 aromatic carbocycles. The van der Waals surface area contributed by atoms with E-state index in [-0.39, 0.29) is 21.2 Å². The molecule has 26 heavy (non-hydrogen) atoms. The van der Waals surface area contributed by atoms with Crippen molar-refractivity contribution in [2.75, 3.05) is 11.8 Å². The van der Waals surface area contributed by atoms with Gasteiger partial charge in [-0.25, -0.2) is 8.42 Å². The van der Waals surface area contributed by atoms with Gasteiger partial charge in [0.2, 0.25) is 5.91 Å². The highest BCUT2D eigenvalue weighted by atomic mass is 35.5. The monoisotopic (exact) mass is 397 g/mol. The molecular weight excluding hydrogens is 382 g/mol. The van der Waals surface area contributed by atoms with Crippen molar-refractivity contribution >= 4 is 39.1 Å². The van der Waals surface area contributed by atoms with Crippen molar-refractivity contribution in [1.29, 1.82) is 0 Å². The van der Waals surface area contributed by atoms with Crippen LogP contribution in [0.5, 0.6) is 5.75 Å². The van der Waals surface area contributed by atoms with Crippen LogP contribution in [0.4, 0.5) is 5.69 Å². The SMILES string of the molecule is COc1ccccc1NS(=O)(=O)c1cc(C(=O)NNC(C)=O)ccc1Cl. The summed E-state index contributed by atoms with van der Waals surface area (Å²) in [4.78, 5) is 22.6. The van der Waals surface area contributed by atoms with Gasteiger partial charge in [-0.15, -0.1) is 0 Å². The Kier molecular flexibility index (Phi) is 6.06. The molecule has 2 rings (SSSR count). The molecule has 0 heterocycles. The molecule has 8 nitrogen and oxygen atoms in total. The van der Waals surface area contributed by atoms with Crippen molar-refractivity contribution in [2.45, 2.75) is 11.8 Å². The third kappa shape index (κ3) is 4.64. The van der Waals surface area contributed by atoms with Crippen LogP contribution in [0.2, 0.25) is 5.02 Å². The number of ether oxygens (including phenoxy) is 1. The van der Waals surface area contributed by atoms with Gasteiger partial charge in [0.15, 0.2) is 0 Å². The lowest BCUT2D eigenvalue weighted by molar-refractivity contribution is -0.119. The minimum atomic E-state index is -4.09. The van der Waals surface area contributed by atoms with Gasteiger partial charge in [0, 0.05) is 12.5 Å². The summed E-state index contributed by atoms with van der Waals surface area (Å²) in [5.74, 6) is -0.838. The quantitative estimate of drug-likeness (QED) is 0.667. The molecule has 0 aliphatic heterocycles. The fraction of sp³-hybridized carbons (Fsp3) is 0.125. The average Bonchev–Trinajstić information content (AvgIpc) is 2.60. The topological polar surface area (TPSA) is 114 Å². The fourth-order valence-corrected chi connectivity index (χ4v) is 3.59. The van der Waals surface area contributed by atoms with Crippen molar-refractivity contribution < 1.29 is 22.7 Å². The molecule has 0 aromatic heterocycles. The van der Waals surface area contributed by atoms with Gasteiger partial charge in [-0.2, -0.15) is 0 Å². The Morgan fingerprint density at radius 2 is 1.77 bits per heavy atom. The van der Waals surface area contributed by atoms with Gasteiger partial charge in [-0.1, -0.05) is 23.7 Å². The predicted molar refractivity (Wildman–Crippen MR) is 96.5 cm³/mol. The second-order valence-electron chi connectivity index (χ2n) is 5.09. The molecule has 0 saturated heterocycles. The molecule has 0 radical (unpaired) electrons. The maximum atomic E-state index is 12.7. The minimum Gasteiger partial charge on any atom is -0.495 e. The molecule has 0 aliphatic rings. The number of hydrazine groups is 1. The first-order valence-corrected chi connectivity index (χ1v) is 9.13. The van der Waals surface area contributed by atoms with Crippen molar-refractivity contribution in [3.05, 3.63) is 53.1 Å². The van der Waals surface area contributed by atoms with Gasteiger partial charge in [0.1, 0.15) is 10.6 Å². The summed E-state index contributed by atoms with van der Waals surface area (Å²) in [7, 11) is -2.68. The molecule has 10 heteroatoms. The van der Waals surface area contributed by atoms with Crippen LogP contribution >= 0.6 is 11.6 Å². The van der Waals surface area contributed by atoms with Crippen LogP contribution in [0.25, 0.3) is 0 Å². The number of anilines is 1. The zero-order chi connectivity index (χ0) is 19.3. The Balaban J connectivity index is 2.35.